The zero-order valence-electron chi connectivity index (χ0n) is 12.3. The van der Waals surface area contributed by atoms with Gasteiger partial charge in [0.15, 0.2) is 0 Å². The van der Waals surface area contributed by atoms with Crippen molar-refractivity contribution in [3.05, 3.63) is 28.8 Å². The Morgan fingerprint density at radius 1 is 1.29 bits per heavy atom. The third-order valence-corrected chi connectivity index (χ3v) is 3.96. The summed E-state index contributed by atoms with van der Waals surface area (Å²) < 4.78 is 0. The highest BCUT2D eigenvalue weighted by atomic mass is 35.5. The molecule has 0 unspecified atom stereocenters. The van der Waals surface area contributed by atoms with Crippen LogP contribution in [0.25, 0.3) is 0 Å². The van der Waals surface area contributed by atoms with Crippen molar-refractivity contribution in [2.75, 3.05) is 18.4 Å². The van der Waals surface area contributed by atoms with E-state index in [1.807, 2.05) is 19.1 Å². The summed E-state index contributed by atoms with van der Waals surface area (Å²) in [7, 11) is 0. The Kier molecular flexibility index (Phi) is 5.07. The van der Waals surface area contributed by atoms with E-state index in [4.69, 9.17) is 11.6 Å². The predicted octanol–water partition coefficient (Wildman–Crippen LogP) is 2.78. The highest BCUT2D eigenvalue weighted by Gasteiger charge is 2.23. The van der Waals surface area contributed by atoms with Crippen LogP contribution in [-0.4, -0.2) is 36.0 Å². The van der Waals surface area contributed by atoms with E-state index in [1.165, 1.54) is 6.92 Å². The second kappa shape index (κ2) is 6.80. The molecular formula is C15H20ClN3O2. The lowest BCUT2D eigenvalue weighted by Crippen LogP contribution is -2.47. The minimum Gasteiger partial charge on any atom is -0.353 e. The average molecular weight is 310 g/mol. The van der Waals surface area contributed by atoms with Crippen molar-refractivity contribution in [1.29, 1.82) is 0 Å². The number of nitrogens with zero attached hydrogens (tertiary/aromatic N) is 1. The summed E-state index contributed by atoms with van der Waals surface area (Å²) in [4.78, 5) is 25.0. The molecule has 114 valence electrons. The van der Waals surface area contributed by atoms with Crippen LogP contribution in [0.2, 0.25) is 5.02 Å². The third kappa shape index (κ3) is 4.11. The zero-order chi connectivity index (χ0) is 15.4. The predicted molar refractivity (Wildman–Crippen MR) is 83.6 cm³/mol. The molecule has 1 aliphatic rings. The summed E-state index contributed by atoms with van der Waals surface area (Å²) in [5, 5.41) is 6.30. The molecule has 21 heavy (non-hydrogen) atoms. The van der Waals surface area contributed by atoms with Crippen molar-refractivity contribution in [1.82, 2.24) is 10.2 Å². The number of urea groups is 1. The van der Waals surface area contributed by atoms with Gasteiger partial charge < -0.3 is 15.5 Å². The first kappa shape index (κ1) is 15.6. The van der Waals surface area contributed by atoms with Crippen LogP contribution >= 0.6 is 11.6 Å². The second-order valence-electron chi connectivity index (χ2n) is 5.32. The molecule has 1 aliphatic heterocycles. The molecule has 0 radical (unpaired) electrons. The van der Waals surface area contributed by atoms with Crippen molar-refractivity contribution in [3.8, 4) is 0 Å². The minimum absolute atomic E-state index is 0.0235. The first-order chi connectivity index (χ1) is 9.97. The monoisotopic (exact) mass is 309 g/mol. The smallest absolute Gasteiger partial charge is 0.321 e. The highest BCUT2D eigenvalue weighted by molar-refractivity contribution is 6.33. The van der Waals surface area contributed by atoms with Crippen molar-refractivity contribution in [2.45, 2.75) is 32.7 Å². The van der Waals surface area contributed by atoms with Crippen LogP contribution in [0.15, 0.2) is 18.2 Å². The van der Waals surface area contributed by atoms with Gasteiger partial charge in [-0.3, -0.25) is 4.79 Å². The lowest BCUT2D eigenvalue weighted by atomic mass is 10.1. The van der Waals surface area contributed by atoms with Crippen LogP contribution in [0.1, 0.15) is 25.3 Å². The summed E-state index contributed by atoms with van der Waals surface area (Å²) in [6, 6.07) is 5.53. The Morgan fingerprint density at radius 3 is 2.52 bits per heavy atom. The Bertz CT molecular complexity index is 519. The number of likely N-dealkylation sites (tertiary alicyclic amines) is 1. The fourth-order valence-electron chi connectivity index (χ4n) is 2.49. The molecule has 0 aromatic heterocycles. The van der Waals surface area contributed by atoms with E-state index < -0.39 is 0 Å². The summed E-state index contributed by atoms with van der Waals surface area (Å²) in [6.45, 7) is 4.67. The van der Waals surface area contributed by atoms with Crippen LogP contribution in [-0.2, 0) is 4.79 Å². The number of anilines is 1. The first-order valence-corrected chi connectivity index (χ1v) is 7.43. The number of halogens is 1. The number of carbonyl (C=O) groups excluding carboxylic acids is 2. The quantitative estimate of drug-likeness (QED) is 0.882. The Balaban J connectivity index is 1.92. The van der Waals surface area contributed by atoms with Crippen LogP contribution in [0.4, 0.5) is 10.5 Å². The molecule has 2 rings (SSSR count). The van der Waals surface area contributed by atoms with E-state index >= 15 is 0 Å². The Hall–Kier alpha value is -1.75. The summed E-state index contributed by atoms with van der Waals surface area (Å²) >= 11 is 6.11. The number of rotatable bonds is 2. The average Bonchev–Trinajstić information content (AvgIpc) is 2.43. The van der Waals surface area contributed by atoms with Gasteiger partial charge in [-0.1, -0.05) is 23.7 Å². The molecule has 3 amide bonds. The standard InChI is InChI=1S/C15H20ClN3O2/c1-10-4-3-5-13(16)14(10)18-15(21)19-8-6-12(7-9-19)17-11(2)20/h3-5,12H,6-9H2,1-2H3,(H,17,20)(H,18,21). The lowest BCUT2D eigenvalue weighted by Gasteiger charge is -2.32. The zero-order valence-corrected chi connectivity index (χ0v) is 13.0. The highest BCUT2D eigenvalue weighted by Crippen LogP contribution is 2.25. The fraction of sp³-hybridized carbons (Fsp3) is 0.467. The van der Waals surface area contributed by atoms with Gasteiger partial charge in [-0.05, 0) is 31.4 Å². The van der Waals surface area contributed by atoms with Gasteiger partial charge in [0.2, 0.25) is 5.91 Å². The fourth-order valence-corrected chi connectivity index (χ4v) is 2.76. The maximum Gasteiger partial charge on any atom is 0.321 e. The van der Waals surface area contributed by atoms with E-state index in [0.717, 1.165) is 18.4 Å². The number of hydrogen-bond acceptors (Lipinski definition) is 2. The van der Waals surface area contributed by atoms with Gasteiger partial charge in [0.25, 0.3) is 0 Å². The van der Waals surface area contributed by atoms with Gasteiger partial charge in [-0.2, -0.15) is 0 Å². The molecule has 1 aromatic carbocycles. The van der Waals surface area contributed by atoms with Crippen LogP contribution in [0.5, 0.6) is 0 Å². The van der Waals surface area contributed by atoms with Gasteiger partial charge in [0.1, 0.15) is 0 Å². The van der Waals surface area contributed by atoms with Crippen LogP contribution < -0.4 is 10.6 Å². The lowest BCUT2D eigenvalue weighted by molar-refractivity contribution is -0.119. The summed E-state index contributed by atoms with van der Waals surface area (Å²) in [6.07, 6.45) is 1.54. The number of carbonyl (C=O) groups is 2. The van der Waals surface area contributed by atoms with Gasteiger partial charge in [0, 0.05) is 26.1 Å². The molecule has 6 heteroatoms. The maximum atomic E-state index is 12.3. The number of para-hydroxylation sites is 1. The Morgan fingerprint density at radius 2 is 1.95 bits per heavy atom. The van der Waals surface area contributed by atoms with Crippen molar-refractivity contribution in [3.63, 3.8) is 0 Å². The number of amides is 3. The van der Waals surface area contributed by atoms with Crippen molar-refractivity contribution in [2.24, 2.45) is 0 Å². The van der Waals surface area contributed by atoms with Crippen LogP contribution in [0.3, 0.4) is 0 Å². The summed E-state index contributed by atoms with van der Waals surface area (Å²) in [5.41, 5.74) is 1.59. The maximum absolute atomic E-state index is 12.3. The number of aryl methyl sites for hydroxylation is 1. The molecule has 2 N–H and O–H groups in total. The number of hydrogen-bond donors (Lipinski definition) is 2. The number of piperidine rings is 1. The SMILES string of the molecule is CC(=O)NC1CCN(C(=O)Nc2c(C)cccc2Cl)CC1. The number of nitrogens with one attached hydrogen (secondary N) is 2. The Labute approximate surface area is 129 Å². The normalized spacial score (nSPS) is 15.7. The molecule has 1 heterocycles. The largest absolute Gasteiger partial charge is 0.353 e. The van der Waals surface area contributed by atoms with E-state index in [2.05, 4.69) is 10.6 Å². The second-order valence-corrected chi connectivity index (χ2v) is 5.73. The molecule has 0 bridgehead atoms. The molecule has 1 saturated heterocycles. The molecule has 1 aromatic rings. The van der Waals surface area contributed by atoms with E-state index in [-0.39, 0.29) is 18.0 Å². The molecule has 0 spiro atoms. The van der Waals surface area contributed by atoms with Gasteiger partial charge in [-0.15, -0.1) is 0 Å². The van der Waals surface area contributed by atoms with E-state index in [0.29, 0.717) is 23.8 Å². The molecule has 0 aliphatic carbocycles. The molecule has 0 saturated carbocycles. The topological polar surface area (TPSA) is 61.4 Å². The van der Waals surface area contributed by atoms with Gasteiger partial charge in [0.05, 0.1) is 10.7 Å². The van der Waals surface area contributed by atoms with Gasteiger partial charge >= 0.3 is 6.03 Å². The van der Waals surface area contributed by atoms with Crippen molar-refractivity contribution < 1.29 is 9.59 Å². The minimum atomic E-state index is -0.146. The number of benzene rings is 1. The third-order valence-electron chi connectivity index (χ3n) is 3.64. The van der Waals surface area contributed by atoms with Gasteiger partial charge in [-0.25, -0.2) is 4.79 Å². The van der Waals surface area contributed by atoms with E-state index in [1.54, 1.807) is 11.0 Å². The first-order valence-electron chi connectivity index (χ1n) is 7.05. The molecule has 1 fully saturated rings. The molecule has 0 atom stereocenters. The van der Waals surface area contributed by atoms with Crippen molar-refractivity contribution >= 4 is 29.2 Å². The molecule has 5 nitrogen and oxygen atoms in total. The van der Waals surface area contributed by atoms with E-state index in [9.17, 15) is 9.59 Å². The molecular weight excluding hydrogens is 290 g/mol. The van der Waals surface area contributed by atoms with Crippen LogP contribution in [0, 0.1) is 6.92 Å². The summed E-state index contributed by atoms with van der Waals surface area (Å²) in [5.74, 6) is -0.0235.